The van der Waals surface area contributed by atoms with E-state index >= 15 is 0 Å². The first kappa shape index (κ1) is 22.7. The van der Waals surface area contributed by atoms with Gasteiger partial charge in [-0.25, -0.2) is 13.2 Å². The van der Waals surface area contributed by atoms with Gasteiger partial charge in [-0.2, -0.15) is 0 Å². The molecular weight excluding hydrogens is 416 g/mol. The summed E-state index contributed by atoms with van der Waals surface area (Å²) in [5.41, 5.74) is 2.58. The summed E-state index contributed by atoms with van der Waals surface area (Å²) in [4.78, 5) is 24.3. The second-order valence-electron chi connectivity index (χ2n) is 6.50. The van der Waals surface area contributed by atoms with Crippen LogP contribution < -0.4 is 9.62 Å². The lowest BCUT2D eigenvalue weighted by Gasteiger charge is -2.22. The standard InChI is InChI=1S/C20H23ClN2O5S/c1-5-28-20(25)15-7-9-18(14(3)10-15)22-19(24)12-23(29(4,26)27)16-8-6-13(2)17(21)11-16/h6-11H,5,12H2,1-4H3,(H,22,24). The van der Waals surface area contributed by atoms with Gasteiger partial charge in [0.2, 0.25) is 15.9 Å². The van der Waals surface area contributed by atoms with Gasteiger partial charge in [-0.1, -0.05) is 17.7 Å². The second kappa shape index (κ2) is 9.28. The molecule has 29 heavy (non-hydrogen) atoms. The van der Waals surface area contributed by atoms with Gasteiger partial charge in [0.1, 0.15) is 6.54 Å². The quantitative estimate of drug-likeness (QED) is 0.667. The van der Waals surface area contributed by atoms with Crippen LogP contribution in [-0.4, -0.2) is 39.7 Å². The predicted molar refractivity (Wildman–Crippen MR) is 114 cm³/mol. The molecule has 1 N–H and O–H groups in total. The van der Waals surface area contributed by atoms with E-state index in [1.807, 2.05) is 0 Å². The summed E-state index contributed by atoms with van der Waals surface area (Å²) >= 11 is 6.10. The van der Waals surface area contributed by atoms with E-state index in [4.69, 9.17) is 16.3 Å². The van der Waals surface area contributed by atoms with Crippen LogP contribution in [0.3, 0.4) is 0 Å². The van der Waals surface area contributed by atoms with Gasteiger partial charge in [0.15, 0.2) is 0 Å². The zero-order valence-electron chi connectivity index (χ0n) is 16.7. The van der Waals surface area contributed by atoms with Crippen molar-refractivity contribution in [1.29, 1.82) is 0 Å². The average molecular weight is 439 g/mol. The first-order valence-electron chi connectivity index (χ1n) is 8.84. The number of nitrogens with one attached hydrogen (secondary N) is 1. The topological polar surface area (TPSA) is 92.8 Å². The number of aryl methyl sites for hydroxylation is 2. The first-order chi connectivity index (χ1) is 13.5. The molecule has 0 unspecified atom stereocenters. The molecule has 0 saturated heterocycles. The number of ether oxygens (including phenoxy) is 1. The Morgan fingerprint density at radius 2 is 1.79 bits per heavy atom. The molecule has 0 heterocycles. The minimum Gasteiger partial charge on any atom is -0.462 e. The lowest BCUT2D eigenvalue weighted by Crippen LogP contribution is -2.37. The number of halogens is 1. The third-order valence-corrected chi connectivity index (χ3v) is 5.69. The molecule has 0 spiro atoms. The van der Waals surface area contributed by atoms with Crippen molar-refractivity contribution in [2.24, 2.45) is 0 Å². The number of benzene rings is 2. The summed E-state index contributed by atoms with van der Waals surface area (Å²) < 4.78 is 30.4. The molecule has 0 bridgehead atoms. The highest BCUT2D eigenvalue weighted by Crippen LogP contribution is 2.25. The SMILES string of the molecule is CCOC(=O)c1ccc(NC(=O)CN(c2ccc(C)c(Cl)c2)S(C)(=O)=O)c(C)c1. The van der Waals surface area contributed by atoms with Gasteiger partial charge < -0.3 is 10.1 Å². The minimum absolute atomic E-state index is 0.265. The molecule has 2 aromatic carbocycles. The number of carbonyl (C=O) groups is 2. The predicted octanol–water partition coefficient (Wildman–Crippen LogP) is 3.54. The Bertz CT molecular complexity index is 1040. The number of carbonyl (C=O) groups excluding carboxylic acids is 2. The second-order valence-corrected chi connectivity index (χ2v) is 8.82. The maximum atomic E-state index is 12.5. The zero-order chi connectivity index (χ0) is 21.8. The summed E-state index contributed by atoms with van der Waals surface area (Å²) in [6.45, 7) is 5.09. The normalized spacial score (nSPS) is 11.1. The van der Waals surface area contributed by atoms with Crippen molar-refractivity contribution in [2.75, 3.05) is 29.0 Å². The molecule has 0 aliphatic rings. The molecular formula is C20H23ClN2O5S. The molecule has 0 aliphatic heterocycles. The fourth-order valence-corrected chi connectivity index (χ4v) is 3.63. The van der Waals surface area contributed by atoms with Crippen molar-refractivity contribution in [3.63, 3.8) is 0 Å². The molecule has 9 heteroatoms. The lowest BCUT2D eigenvalue weighted by atomic mass is 10.1. The number of hydrogen-bond acceptors (Lipinski definition) is 5. The largest absolute Gasteiger partial charge is 0.462 e. The van der Waals surface area contributed by atoms with E-state index in [1.54, 1.807) is 45.0 Å². The summed E-state index contributed by atoms with van der Waals surface area (Å²) in [5.74, 6) is -0.980. The third kappa shape index (κ3) is 5.95. The zero-order valence-corrected chi connectivity index (χ0v) is 18.2. The smallest absolute Gasteiger partial charge is 0.338 e. The van der Waals surface area contributed by atoms with Gasteiger partial charge in [0.25, 0.3) is 0 Å². The Labute approximate surface area is 175 Å². The van der Waals surface area contributed by atoms with Gasteiger partial charge >= 0.3 is 5.97 Å². The van der Waals surface area contributed by atoms with Crippen molar-refractivity contribution >= 4 is 44.9 Å². The van der Waals surface area contributed by atoms with E-state index in [0.717, 1.165) is 16.1 Å². The number of anilines is 2. The van der Waals surface area contributed by atoms with Gasteiger partial charge in [-0.15, -0.1) is 0 Å². The van der Waals surface area contributed by atoms with E-state index in [2.05, 4.69) is 5.32 Å². The molecule has 0 saturated carbocycles. The van der Waals surface area contributed by atoms with Crippen LogP contribution in [0.1, 0.15) is 28.4 Å². The average Bonchev–Trinajstić information content (AvgIpc) is 2.63. The van der Waals surface area contributed by atoms with Gasteiger partial charge in [0, 0.05) is 10.7 Å². The van der Waals surface area contributed by atoms with Crippen molar-refractivity contribution in [1.82, 2.24) is 0 Å². The number of hydrogen-bond donors (Lipinski definition) is 1. The fraction of sp³-hybridized carbons (Fsp3) is 0.300. The van der Waals surface area contributed by atoms with Crippen molar-refractivity contribution in [3.05, 3.63) is 58.1 Å². The number of rotatable bonds is 7. The summed E-state index contributed by atoms with van der Waals surface area (Å²) in [6, 6.07) is 9.49. The van der Waals surface area contributed by atoms with Crippen LogP contribution in [0.4, 0.5) is 11.4 Å². The monoisotopic (exact) mass is 438 g/mol. The molecule has 7 nitrogen and oxygen atoms in total. The highest BCUT2D eigenvalue weighted by atomic mass is 35.5. The maximum absolute atomic E-state index is 12.5. The van der Waals surface area contributed by atoms with E-state index in [1.165, 1.54) is 12.1 Å². The number of nitrogens with zero attached hydrogens (tertiary/aromatic N) is 1. The van der Waals surface area contributed by atoms with Crippen LogP contribution in [-0.2, 0) is 19.6 Å². The lowest BCUT2D eigenvalue weighted by molar-refractivity contribution is -0.114. The summed E-state index contributed by atoms with van der Waals surface area (Å²) in [5, 5.41) is 3.08. The number of sulfonamides is 1. The Balaban J connectivity index is 2.20. The van der Waals surface area contributed by atoms with Crippen molar-refractivity contribution < 1.29 is 22.7 Å². The molecule has 1 amide bonds. The highest BCUT2D eigenvalue weighted by molar-refractivity contribution is 7.92. The maximum Gasteiger partial charge on any atom is 0.338 e. The van der Waals surface area contributed by atoms with Crippen LogP contribution >= 0.6 is 11.6 Å². The van der Waals surface area contributed by atoms with Crippen LogP contribution in [0.5, 0.6) is 0 Å². The molecule has 156 valence electrons. The Kier molecular flexibility index (Phi) is 7.26. The van der Waals surface area contributed by atoms with Crippen LogP contribution in [0.25, 0.3) is 0 Å². The van der Waals surface area contributed by atoms with Gasteiger partial charge in [0.05, 0.1) is 24.1 Å². The molecule has 2 aromatic rings. The molecule has 0 aromatic heterocycles. The first-order valence-corrected chi connectivity index (χ1v) is 11.1. The van der Waals surface area contributed by atoms with E-state index in [-0.39, 0.29) is 6.61 Å². The van der Waals surface area contributed by atoms with Crippen LogP contribution in [0, 0.1) is 13.8 Å². The molecule has 0 radical (unpaired) electrons. The molecule has 0 atom stereocenters. The highest BCUT2D eigenvalue weighted by Gasteiger charge is 2.22. The molecule has 0 fully saturated rings. The van der Waals surface area contributed by atoms with Gasteiger partial charge in [-0.3, -0.25) is 9.10 Å². The number of esters is 1. The van der Waals surface area contributed by atoms with Crippen molar-refractivity contribution in [3.8, 4) is 0 Å². The Morgan fingerprint density at radius 3 is 2.34 bits per heavy atom. The Hall–Kier alpha value is -2.58. The van der Waals surface area contributed by atoms with E-state index < -0.39 is 28.4 Å². The Morgan fingerprint density at radius 1 is 1.10 bits per heavy atom. The van der Waals surface area contributed by atoms with Crippen LogP contribution in [0.15, 0.2) is 36.4 Å². The van der Waals surface area contributed by atoms with Gasteiger partial charge in [-0.05, 0) is 62.2 Å². The summed E-state index contributed by atoms with van der Waals surface area (Å²) in [6.07, 6.45) is 1.02. The number of amides is 1. The third-order valence-electron chi connectivity index (χ3n) is 4.14. The molecule has 2 rings (SSSR count). The molecule has 0 aliphatic carbocycles. The minimum atomic E-state index is -3.72. The van der Waals surface area contributed by atoms with Crippen molar-refractivity contribution in [2.45, 2.75) is 20.8 Å². The van der Waals surface area contributed by atoms with E-state index in [9.17, 15) is 18.0 Å². The fourth-order valence-electron chi connectivity index (χ4n) is 2.60. The van der Waals surface area contributed by atoms with E-state index in [0.29, 0.717) is 27.5 Å². The van der Waals surface area contributed by atoms with Crippen LogP contribution in [0.2, 0.25) is 5.02 Å². The summed E-state index contributed by atoms with van der Waals surface area (Å²) in [7, 11) is -3.72.